The molecule has 4 nitrogen and oxygen atoms in total. The SMILES string of the molecule is Cc1cnc(CNCCC2COCCN2)s1. The van der Waals surface area contributed by atoms with E-state index in [2.05, 4.69) is 22.5 Å². The van der Waals surface area contributed by atoms with Crippen LogP contribution in [0.1, 0.15) is 16.3 Å². The van der Waals surface area contributed by atoms with Crippen molar-refractivity contribution < 1.29 is 4.74 Å². The maximum atomic E-state index is 5.40. The van der Waals surface area contributed by atoms with Gasteiger partial charge in [0.1, 0.15) is 5.01 Å². The summed E-state index contributed by atoms with van der Waals surface area (Å²) in [6, 6.07) is 0.513. The van der Waals surface area contributed by atoms with E-state index in [0.29, 0.717) is 6.04 Å². The molecule has 2 rings (SSSR count). The lowest BCUT2D eigenvalue weighted by Gasteiger charge is -2.23. The molecule has 1 aliphatic heterocycles. The van der Waals surface area contributed by atoms with E-state index in [9.17, 15) is 0 Å². The van der Waals surface area contributed by atoms with Crippen LogP contribution in [0.4, 0.5) is 0 Å². The number of hydrogen-bond acceptors (Lipinski definition) is 5. The molecule has 90 valence electrons. The summed E-state index contributed by atoms with van der Waals surface area (Å²) in [7, 11) is 0. The second-order valence-electron chi connectivity index (χ2n) is 4.06. The number of nitrogens with zero attached hydrogens (tertiary/aromatic N) is 1. The maximum Gasteiger partial charge on any atom is 0.107 e. The Kier molecular flexibility index (Phi) is 4.71. The summed E-state index contributed by atoms with van der Waals surface area (Å²) in [5.41, 5.74) is 0. The molecular weight excluding hydrogens is 222 g/mol. The third-order valence-corrected chi connectivity index (χ3v) is 3.53. The van der Waals surface area contributed by atoms with E-state index in [0.717, 1.165) is 39.3 Å². The van der Waals surface area contributed by atoms with Crippen LogP contribution in [0.2, 0.25) is 0 Å². The summed E-state index contributed by atoms with van der Waals surface area (Å²) in [6.45, 7) is 6.66. The summed E-state index contributed by atoms with van der Waals surface area (Å²) < 4.78 is 5.40. The molecule has 0 bridgehead atoms. The van der Waals surface area contributed by atoms with Crippen molar-refractivity contribution in [1.82, 2.24) is 15.6 Å². The van der Waals surface area contributed by atoms with Crippen molar-refractivity contribution in [2.45, 2.75) is 25.9 Å². The fraction of sp³-hybridized carbons (Fsp3) is 0.727. The fourth-order valence-electron chi connectivity index (χ4n) is 1.76. The van der Waals surface area contributed by atoms with Crippen molar-refractivity contribution >= 4 is 11.3 Å². The standard InChI is InChI=1S/C11H19N3OS/c1-9-6-14-11(16-9)7-12-3-2-10-8-15-5-4-13-10/h6,10,12-13H,2-5,7-8H2,1H3. The van der Waals surface area contributed by atoms with Gasteiger partial charge in [-0.3, -0.25) is 0 Å². The molecule has 2 N–H and O–H groups in total. The number of nitrogens with one attached hydrogen (secondary N) is 2. The first-order chi connectivity index (χ1) is 7.84. The average Bonchev–Trinajstić information content (AvgIpc) is 2.72. The Labute approximate surface area is 100 Å². The van der Waals surface area contributed by atoms with Gasteiger partial charge < -0.3 is 15.4 Å². The number of aromatic nitrogens is 1. The van der Waals surface area contributed by atoms with Crippen molar-refractivity contribution in [3.8, 4) is 0 Å². The number of rotatable bonds is 5. The second kappa shape index (κ2) is 6.30. The molecule has 0 aliphatic carbocycles. The summed E-state index contributed by atoms with van der Waals surface area (Å²) in [5.74, 6) is 0. The number of aryl methyl sites for hydroxylation is 1. The van der Waals surface area contributed by atoms with E-state index in [1.165, 1.54) is 9.88 Å². The minimum absolute atomic E-state index is 0.513. The third-order valence-electron chi connectivity index (χ3n) is 2.61. The predicted octanol–water partition coefficient (Wildman–Crippen LogP) is 0.920. The van der Waals surface area contributed by atoms with Crippen LogP contribution in [0.5, 0.6) is 0 Å². The van der Waals surface area contributed by atoms with E-state index in [4.69, 9.17) is 4.74 Å². The Morgan fingerprint density at radius 1 is 1.69 bits per heavy atom. The van der Waals surface area contributed by atoms with E-state index < -0.39 is 0 Å². The van der Waals surface area contributed by atoms with Crippen LogP contribution in [0.15, 0.2) is 6.20 Å². The number of morpholine rings is 1. The maximum absolute atomic E-state index is 5.40. The molecule has 1 unspecified atom stereocenters. The van der Waals surface area contributed by atoms with Gasteiger partial charge in [-0.05, 0) is 19.9 Å². The summed E-state index contributed by atoms with van der Waals surface area (Å²) in [6.07, 6.45) is 3.04. The molecule has 1 aromatic heterocycles. The molecule has 0 radical (unpaired) electrons. The molecule has 16 heavy (non-hydrogen) atoms. The van der Waals surface area contributed by atoms with Crippen LogP contribution in [0.25, 0.3) is 0 Å². The lowest BCUT2D eigenvalue weighted by atomic mass is 10.2. The van der Waals surface area contributed by atoms with Crippen molar-refractivity contribution in [3.05, 3.63) is 16.1 Å². The predicted molar refractivity (Wildman–Crippen MR) is 65.8 cm³/mol. The van der Waals surface area contributed by atoms with Crippen LogP contribution < -0.4 is 10.6 Å². The molecule has 1 aliphatic rings. The summed E-state index contributed by atoms with van der Waals surface area (Å²) in [4.78, 5) is 5.59. The molecule has 0 spiro atoms. The number of thiazole rings is 1. The average molecular weight is 241 g/mol. The Morgan fingerprint density at radius 3 is 3.31 bits per heavy atom. The molecule has 1 aromatic rings. The van der Waals surface area contributed by atoms with Gasteiger partial charge in [-0.1, -0.05) is 0 Å². The molecule has 1 saturated heterocycles. The quantitative estimate of drug-likeness (QED) is 0.753. The first-order valence-corrected chi connectivity index (χ1v) is 6.59. The highest BCUT2D eigenvalue weighted by Gasteiger charge is 2.11. The van der Waals surface area contributed by atoms with E-state index in [1.54, 1.807) is 11.3 Å². The largest absolute Gasteiger partial charge is 0.379 e. The van der Waals surface area contributed by atoms with Gasteiger partial charge in [0.05, 0.1) is 13.2 Å². The molecule has 0 aromatic carbocycles. The van der Waals surface area contributed by atoms with Crippen molar-refractivity contribution in [2.75, 3.05) is 26.3 Å². The molecule has 5 heteroatoms. The highest BCUT2D eigenvalue weighted by molar-refractivity contribution is 7.11. The van der Waals surface area contributed by atoms with E-state index in [-0.39, 0.29) is 0 Å². The first kappa shape index (κ1) is 12.0. The highest BCUT2D eigenvalue weighted by atomic mass is 32.1. The van der Waals surface area contributed by atoms with Gasteiger partial charge in [0, 0.05) is 30.2 Å². The zero-order valence-corrected chi connectivity index (χ0v) is 10.5. The normalized spacial score (nSPS) is 21.2. The minimum atomic E-state index is 0.513. The van der Waals surface area contributed by atoms with Crippen molar-refractivity contribution in [3.63, 3.8) is 0 Å². The summed E-state index contributed by atoms with van der Waals surface area (Å²) in [5, 5.41) is 8.03. The van der Waals surface area contributed by atoms with E-state index >= 15 is 0 Å². The minimum Gasteiger partial charge on any atom is -0.379 e. The molecule has 0 amide bonds. The molecular formula is C11H19N3OS. The van der Waals surface area contributed by atoms with Crippen LogP contribution >= 0.6 is 11.3 Å². The monoisotopic (exact) mass is 241 g/mol. The molecule has 1 fully saturated rings. The Hall–Kier alpha value is -0.490. The van der Waals surface area contributed by atoms with Crippen molar-refractivity contribution in [1.29, 1.82) is 0 Å². The summed E-state index contributed by atoms with van der Waals surface area (Å²) >= 11 is 1.76. The second-order valence-corrected chi connectivity index (χ2v) is 5.38. The van der Waals surface area contributed by atoms with Crippen molar-refractivity contribution in [2.24, 2.45) is 0 Å². The van der Waals surface area contributed by atoms with Gasteiger partial charge >= 0.3 is 0 Å². The number of ether oxygens (including phenoxy) is 1. The fourth-order valence-corrected chi connectivity index (χ4v) is 2.52. The zero-order valence-electron chi connectivity index (χ0n) is 9.66. The third kappa shape index (κ3) is 3.83. The van der Waals surface area contributed by atoms with Crippen LogP contribution in [0.3, 0.4) is 0 Å². The van der Waals surface area contributed by atoms with Gasteiger partial charge in [0.25, 0.3) is 0 Å². The van der Waals surface area contributed by atoms with Crippen LogP contribution in [-0.2, 0) is 11.3 Å². The Bertz CT molecular complexity index is 310. The first-order valence-electron chi connectivity index (χ1n) is 5.78. The van der Waals surface area contributed by atoms with Gasteiger partial charge in [-0.25, -0.2) is 4.98 Å². The highest BCUT2D eigenvalue weighted by Crippen LogP contribution is 2.10. The lowest BCUT2D eigenvalue weighted by Crippen LogP contribution is -2.42. The Morgan fingerprint density at radius 2 is 2.62 bits per heavy atom. The smallest absolute Gasteiger partial charge is 0.107 e. The van der Waals surface area contributed by atoms with Crippen LogP contribution in [-0.4, -0.2) is 37.3 Å². The number of hydrogen-bond donors (Lipinski definition) is 2. The van der Waals surface area contributed by atoms with Gasteiger partial charge in [0.15, 0.2) is 0 Å². The molecule has 1 atom stereocenters. The van der Waals surface area contributed by atoms with Gasteiger partial charge in [-0.2, -0.15) is 0 Å². The van der Waals surface area contributed by atoms with E-state index in [1.807, 2.05) is 6.20 Å². The lowest BCUT2D eigenvalue weighted by molar-refractivity contribution is 0.0742. The zero-order chi connectivity index (χ0) is 11.2. The molecule has 2 heterocycles. The molecule has 0 saturated carbocycles. The Balaban J connectivity index is 1.57. The van der Waals surface area contributed by atoms with Crippen LogP contribution in [0, 0.1) is 6.92 Å². The topological polar surface area (TPSA) is 46.2 Å². The van der Waals surface area contributed by atoms with Gasteiger partial charge in [-0.15, -0.1) is 11.3 Å². The van der Waals surface area contributed by atoms with Gasteiger partial charge in [0.2, 0.25) is 0 Å².